The Bertz CT molecular complexity index is 885. The molecule has 1 aromatic rings. The highest BCUT2D eigenvalue weighted by Crippen LogP contribution is 2.33. The van der Waals surface area contributed by atoms with E-state index in [1.54, 1.807) is 13.0 Å². The van der Waals surface area contributed by atoms with Crippen LogP contribution in [0.4, 0.5) is 0 Å². The van der Waals surface area contributed by atoms with Crippen LogP contribution in [0, 0.1) is 5.41 Å². The number of nitrogens with one attached hydrogen (secondary N) is 1. The maximum atomic E-state index is 13.0. The molecule has 2 heterocycles. The van der Waals surface area contributed by atoms with Crippen LogP contribution in [0.5, 0.6) is 0 Å². The van der Waals surface area contributed by atoms with Crippen LogP contribution in [0.1, 0.15) is 62.2 Å². The zero-order chi connectivity index (χ0) is 19.3. The summed E-state index contributed by atoms with van der Waals surface area (Å²) in [5.74, 6) is -0.363. The number of fused-ring (bicyclic) bond motifs is 1. The van der Waals surface area contributed by atoms with Gasteiger partial charge in [0.1, 0.15) is 5.56 Å². The molecule has 1 aliphatic heterocycles. The molecule has 2 atom stereocenters. The van der Waals surface area contributed by atoms with Crippen molar-refractivity contribution in [1.82, 2.24) is 9.88 Å². The molecule has 1 N–H and O–H groups in total. The van der Waals surface area contributed by atoms with Crippen LogP contribution < -0.4 is 5.56 Å². The number of carbonyl (C=O) groups is 1. The van der Waals surface area contributed by atoms with Crippen LogP contribution in [-0.2, 0) is 22.7 Å². The second-order valence-corrected chi connectivity index (χ2v) is 11.1. The number of nitrogens with zero attached hydrogens (tertiary/aromatic N) is 1. The van der Waals surface area contributed by atoms with E-state index in [0.29, 0.717) is 6.42 Å². The topological polar surface area (TPSA) is 87.3 Å². The Morgan fingerprint density at radius 2 is 2.04 bits per heavy atom. The molecule has 0 radical (unpaired) electrons. The van der Waals surface area contributed by atoms with Crippen LogP contribution in [0.15, 0.2) is 10.9 Å². The third kappa shape index (κ3) is 3.33. The first kappa shape index (κ1) is 19.1. The van der Waals surface area contributed by atoms with E-state index < -0.39 is 20.3 Å². The van der Waals surface area contributed by atoms with Crippen LogP contribution in [0.3, 0.4) is 0 Å². The molecule has 0 aromatic carbocycles. The van der Waals surface area contributed by atoms with Gasteiger partial charge in [-0.05, 0) is 49.7 Å². The van der Waals surface area contributed by atoms with E-state index in [-0.39, 0.29) is 35.5 Å². The van der Waals surface area contributed by atoms with Crippen molar-refractivity contribution in [3.05, 3.63) is 33.2 Å². The predicted molar refractivity (Wildman–Crippen MR) is 101 cm³/mol. The zero-order valence-electron chi connectivity index (χ0n) is 16.0. The van der Waals surface area contributed by atoms with E-state index in [1.807, 2.05) is 6.92 Å². The summed E-state index contributed by atoms with van der Waals surface area (Å²) in [6, 6.07) is 1.73. The fraction of sp³-hybridized carbons (Fsp3) is 0.684. The van der Waals surface area contributed by atoms with E-state index in [9.17, 15) is 18.0 Å². The van der Waals surface area contributed by atoms with Gasteiger partial charge in [-0.25, -0.2) is 8.42 Å². The average Bonchev–Trinajstić information content (AvgIpc) is 2.55. The molecular formula is C19H28N2O4S. The van der Waals surface area contributed by atoms with Crippen molar-refractivity contribution in [1.29, 1.82) is 0 Å². The molecule has 0 spiro atoms. The summed E-state index contributed by atoms with van der Waals surface area (Å²) in [7, 11) is -3.22. The molecule has 0 bridgehead atoms. The molecule has 0 saturated carbocycles. The molecular weight excluding hydrogens is 352 g/mol. The van der Waals surface area contributed by atoms with Gasteiger partial charge in [0.2, 0.25) is 0 Å². The number of amides is 1. The van der Waals surface area contributed by atoms with Gasteiger partial charge < -0.3 is 9.88 Å². The second-order valence-electron chi connectivity index (χ2n) is 8.50. The number of H-pyrrole nitrogens is 1. The molecule has 26 heavy (non-hydrogen) atoms. The lowest BCUT2D eigenvalue weighted by molar-refractivity contribution is 0.0744. The number of aryl methyl sites for hydroxylation is 1. The van der Waals surface area contributed by atoms with Crippen LogP contribution in [-0.4, -0.2) is 47.8 Å². The highest BCUT2D eigenvalue weighted by molar-refractivity contribution is 7.92. The molecule has 2 aliphatic rings. The van der Waals surface area contributed by atoms with E-state index in [0.717, 1.165) is 30.5 Å². The van der Waals surface area contributed by atoms with Crippen molar-refractivity contribution in [2.75, 3.05) is 13.1 Å². The number of hydrogen-bond donors (Lipinski definition) is 1. The number of aromatic amines is 1. The van der Waals surface area contributed by atoms with Gasteiger partial charge in [0.25, 0.3) is 11.5 Å². The number of carbonyl (C=O) groups excluding carboxylic acids is 1. The molecule has 2 unspecified atom stereocenters. The van der Waals surface area contributed by atoms with Crippen molar-refractivity contribution in [2.24, 2.45) is 5.41 Å². The smallest absolute Gasteiger partial charge is 0.261 e. The van der Waals surface area contributed by atoms with Gasteiger partial charge in [-0.3, -0.25) is 9.59 Å². The Labute approximate surface area is 154 Å². The SMILES string of the molecule is CCC1CN(C(=O)c2cc3c([nH]c2=O)CCC(C)(C)C3)CC(C)S1(=O)=O. The van der Waals surface area contributed by atoms with E-state index >= 15 is 0 Å². The van der Waals surface area contributed by atoms with Gasteiger partial charge in [-0.1, -0.05) is 20.8 Å². The molecule has 1 aliphatic carbocycles. The maximum absolute atomic E-state index is 13.0. The van der Waals surface area contributed by atoms with Crippen LogP contribution in [0.25, 0.3) is 0 Å². The summed E-state index contributed by atoms with van der Waals surface area (Å²) in [5.41, 5.74) is 1.85. The standard InChI is InChI=1S/C19H28N2O4S/c1-5-14-11-21(10-12(2)26(14,24)25)18(23)15-8-13-9-19(3,4)7-6-16(13)20-17(15)22/h8,12,14H,5-7,9-11H2,1-4H3,(H,20,22). The Morgan fingerprint density at radius 1 is 1.35 bits per heavy atom. The van der Waals surface area contributed by atoms with Gasteiger partial charge in [-0.2, -0.15) is 0 Å². The summed E-state index contributed by atoms with van der Waals surface area (Å²) >= 11 is 0. The van der Waals surface area contributed by atoms with Crippen molar-refractivity contribution in [3.63, 3.8) is 0 Å². The lowest BCUT2D eigenvalue weighted by Crippen LogP contribution is -2.53. The minimum atomic E-state index is -3.22. The molecule has 1 fully saturated rings. The monoisotopic (exact) mass is 380 g/mol. The molecule has 144 valence electrons. The van der Waals surface area contributed by atoms with Crippen LogP contribution in [0.2, 0.25) is 0 Å². The average molecular weight is 381 g/mol. The predicted octanol–water partition coefficient (Wildman–Crippen LogP) is 1.93. The first-order valence-corrected chi connectivity index (χ1v) is 10.9. The minimum Gasteiger partial charge on any atom is -0.336 e. The quantitative estimate of drug-likeness (QED) is 0.849. The van der Waals surface area contributed by atoms with Gasteiger partial charge in [0.15, 0.2) is 9.84 Å². The van der Waals surface area contributed by atoms with E-state index in [4.69, 9.17) is 0 Å². The number of pyridine rings is 1. The largest absolute Gasteiger partial charge is 0.336 e. The lowest BCUT2D eigenvalue weighted by Gasteiger charge is -2.36. The lowest BCUT2D eigenvalue weighted by atomic mass is 9.76. The minimum absolute atomic E-state index is 0.128. The molecule has 1 saturated heterocycles. The van der Waals surface area contributed by atoms with E-state index in [1.165, 1.54) is 4.90 Å². The Hall–Kier alpha value is -1.63. The van der Waals surface area contributed by atoms with Crippen molar-refractivity contribution >= 4 is 15.7 Å². The number of rotatable bonds is 2. The van der Waals surface area contributed by atoms with Gasteiger partial charge in [0.05, 0.1) is 10.5 Å². The Morgan fingerprint density at radius 3 is 2.69 bits per heavy atom. The fourth-order valence-electron chi connectivity index (χ4n) is 4.08. The summed E-state index contributed by atoms with van der Waals surface area (Å²) in [4.78, 5) is 29.9. The number of aromatic nitrogens is 1. The first-order valence-electron chi connectivity index (χ1n) is 9.32. The molecule has 7 heteroatoms. The van der Waals surface area contributed by atoms with Crippen LogP contribution >= 0.6 is 0 Å². The van der Waals surface area contributed by atoms with Crippen molar-refractivity contribution < 1.29 is 13.2 Å². The van der Waals surface area contributed by atoms with Gasteiger partial charge in [0, 0.05) is 18.8 Å². The number of hydrogen-bond acceptors (Lipinski definition) is 4. The van der Waals surface area contributed by atoms with Gasteiger partial charge in [-0.15, -0.1) is 0 Å². The molecule has 3 rings (SSSR count). The summed E-state index contributed by atoms with van der Waals surface area (Å²) in [6.07, 6.45) is 3.10. The molecule has 1 aromatic heterocycles. The third-order valence-corrected chi connectivity index (χ3v) is 8.52. The van der Waals surface area contributed by atoms with Crippen molar-refractivity contribution in [2.45, 2.75) is 63.9 Å². The first-order chi connectivity index (χ1) is 12.0. The van der Waals surface area contributed by atoms with Crippen molar-refractivity contribution in [3.8, 4) is 0 Å². The summed E-state index contributed by atoms with van der Waals surface area (Å²) in [5, 5.41) is -1.17. The highest BCUT2D eigenvalue weighted by atomic mass is 32.2. The highest BCUT2D eigenvalue weighted by Gasteiger charge is 2.40. The van der Waals surface area contributed by atoms with E-state index in [2.05, 4.69) is 18.8 Å². The Kier molecular flexibility index (Phi) is 4.80. The molecule has 6 nitrogen and oxygen atoms in total. The fourth-order valence-corrected chi connectivity index (χ4v) is 5.98. The maximum Gasteiger partial charge on any atom is 0.261 e. The number of sulfone groups is 1. The summed E-state index contributed by atoms with van der Waals surface area (Å²) in [6.45, 7) is 8.12. The van der Waals surface area contributed by atoms with Gasteiger partial charge >= 0.3 is 0 Å². The zero-order valence-corrected chi connectivity index (χ0v) is 16.8. The normalized spacial score (nSPS) is 27.0. The molecule has 1 amide bonds. The Balaban J connectivity index is 1.92. The summed E-state index contributed by atoms with van der Waals surface area (Å²) < 4.78 is 24.7. The second kappa shape index (κ2) is 6.51. The third-order valence-electron chi connectivity index (χ3n) is 5.84.